The molecule has 0 aliphatic carbocycles. The van der Waals surface area contributed by atoms with Crippen molar-refractivity contribution in [2.24, 2.45) is 0 Å². The molecule has 2 atom stereocenters. The van der Waals surface area contributed by atoms with Crippen molar-refractivity contribution < 1.29 is 9.90 Å². The zero-order valence-electron chi connectivity index (χ0n) is 12.1. The molecule has 1 amide bonds. The third-order valence-electron chi connectivity index (χ3n) is 3.22. The Morgan fingerprint density at radius 2 is 2.00 bits per heavy atom. The van der Waals surface area contributed by atoms with Crippen molar-refractivity contribution in [1.29, 1.82) is 5.26 Å². The largest absolute Gasteiger partial charge is 0.393 e. The molecule has 0 spiro atoms. The summed E-state index contributed by atoms with van der Waals surface area (Å²) in [5.74, 6) is -0.109. The molecule has 1 aromatic rings. The van der Waals surface area contributed by atoms with E-state index in [4.69, 9.17) is 5.26 Å². The molecular weight excluding hydrogens is 254 g/mol. The highest BCUT2D eigenvalue weighted by atomic mass is 16.3. The number of hydrogen-bond donors (Lipinski definition) is 2. The maximum atomic E-state index is 12.1. The summed E-state index contributed by atoms with van der Waals surface area (Å²) < 4.78 is 0. The summed E-state index contributed by atoms with van der Waals surface area (Å²) in [4.78, 5) is 14.0. The highest BCUT2D eigenvalue weighted by molar-refractivity contribution is 5.94. The van der Waals surface area contributed by atoms with Crippen molar-refractivity contribution in [1.82, 2.24) is 4.90 Å². The number of amides is 1. The number of nitrogens with one attached hydrogen (secondary N) is 1. The van der Waals surface area contributed by atoms with Crippen LogP contribution in [0.5, 0.6) is 0 Å². The normalized spacial score (nSPS) is 13.6. The van der Waals surface area contributed by atoms with Gasteiger partial charge in [-0.1, -0.05) is 0 Å². The Kier molecular flexibility index (Phi) is 6.16. The van der Waals surface area contributed by atoms with Gasteiger partial charge in [-0.2, -0.15) is 5.26 Å². The molecule has 0 saturated carbocycles. The quantitative estimate of drug-likeness (QED) is 0.826. The van der Waals surface area contributed by atoms with Gasteiger partial charge in [0.2, 0.25) is 5.91 Å². The van der Waals surface area contributed by atoms with Crippen LogP contribution < -0.4 is 5.32 Å². The number of anilines is 1. The maximum absolute atomic E-state index is 12.1. The number of rotatable bonds is 6. The Balaban J connectivity index is 2.54. The van der Waals surface area contributed by atoms with Crippen molar-refractivity contribution in [3.8, 4) is 6.07 Å². The van der Waals surface area contributed by atoms with Gasteiger partial charge in [0.25, 0.3) is 0 Å². The fourth-order valence-corrected chi connectivity index (χ4v) is 1.66. The third-order valence-corrected chi connectivity index (χ3v) is 3.22. The molecule has 5 nitrogen and oxygen atoms in total. The number of aliphatic hydroxyl groups is 1. The van der Waals surface area contributed by atoms with Crippen LogP contribution in [0.2, 0.25) is 0 Å². The Bertz CT molecular complexity index is 477. The van der Waals surface area contributed by atoms with Gasteiger partial charge in [-0.3, -0.25) is 9.69 Å². The summed E-state index contributed by atoms with van der Waals surface area (Å²) in [5, 5.41) is 20.8. The first-order chi connectivity index (χ1) is 9.43. The average Bonchev–Trinajstić information content (AvgIpc) is 2.44. The Labute approximate surface area is 119 Å². The Morgan fingerprint density at radius 3 is 2.50 bits per heavy atom. The molecule has 2 unspecified atom stereocenters. The van der Waals surface area contributed by atoms with E-state index >= 15 is 0 Å². The van der Waals surface area contributed by atoms with E-state index in [9.17, 15) is 9.90 Å². The van der Waals surface area contributed by atoms with E-state index in [-0.39, 0.29) is 18.1 Å². The van der Waals surface area contributed by atoms with Gasteiger partial charge in [-0.25, -0.2) is 0 Å². The van der Waals surface area contributed by atoms with Crippen LogP contribution in [0.25, 0.3) is 0 Å². The summed E-state index contributed by atoms with van der Waals surface area (Å²) in [6.07, 6.45) is 0.261. The van der Waals surface area contributed by atoms with Crippen LogP contribution in [-0.2, 0) is 4.79 Å². The molecule has 0 radical (unpaired) electrons. The minimum Gasteiger partial charge on any atom is -0.393 e. The Hall–Kier alpha value is -1.90. The molecule has 0 aromatic heterocycles. The second-order valence-electron chi connectivity index (χ2n) is 4.97. The zero-order chi connectivity index (χ0) is 15.1. The predicted octanol–water partition coefficient (Wildman–Crippen LogP) is 1.59. The standard InChI is InChI=1S/C15H21N3O2/c1-11(19)8-9-18(3)12(2)15(20)17-14-6-4-13(10-16)5-7-14/h4-7,11-12,19H,8-9H2,1-3H3,(H,17,20). The summed E-state index contributed by atoms with van der Waals surface area (Å²) in [5.41, 5.74) is 1.23. The highest BCUT2D eigenvalue weighted by Gasteiger charge is 2.18. The summed E-state index contributed by atoms with van der Waals surface area (Å²) >= 11 is 0. The van der Waals surface area contributed by atoms with E-state index in [1.165, 1.54) is 0 Å². The van der Waals surface area contributed by atoms with Crippen molar-refractivity contribution in [3.05, 3.63) is 29.8 Å². The second kappa shape index (κ2) is 7.63. The lowest BCUT2D eigenvalue weighted by Crippen LogP contribution is -2.40. The van der Waals surface area contributed by atoms with Crippen LogP contribution >= 0.6 is 0 Å². The number of benzene rings is 1. The predicted molar refractivity (Wildman–Crippen MR) is 78.2 cm³/mol. The SMILES string of the molecule is CC(O)CCN(C)C(C)C(=O)Nc1ccc(C#N)cc1. The van der Waals surface area contributed by atoms with E-state index in [0.717, 1.165) is 0 Å². The van der Waals surface area contributed by atoms with E-state index in [0.29, 0.717) is 24.2 Å². The van der Waals surface area contributed by atoms with Crippen molar-refractivity contribution >= 4 is 11.6 Å². The molecule has 108 valence electrons. The van der Waals surface area contributed by atoms with E-state index in [2.05, 4.69) is 5.32 Å². The van der Waals surface area contributed by atoms with Gasteiger partial charge in [-0.15, -0.1) is 0 Å². The molecule has 1 aromatic carbocycles. The molecule has 1 rings (SSSR count). The van der Waals surface area contributed by atoms with Gasteiger partial charge in [-0.05, 0) is 51.6 Å². The van der Waals surface area contributed by atoms with Crippen LogP contribution in [-0.4, -0.2) is 41.7 Å². The van der Waals surface area contributed by atoms with Gasteiger partial charge in [0.05, 0.1) is 23.8 Å². The number of nitriles is 1. The van der Waals surface area contributed by atoms with Gasteiger partial charge in [0.1, 0.15) is 0 Å². The highest BCUT2D eigenvalue weighted by Crippen LogP contribution is 2.10. The van der Waals surface area contributed by atoms with Gasteiger partial charge < -0.3 is 10.4 Å². The topological polar surface area (TPSA) is 76.4 Å². The van der Waals surface area contributed by atoms with Crippen LogP contribution in [0, 0.1) is 11.3 Å². The van der Waals surface area contributed by atoms with Crippen LogP contribution in [0.4, 0.5) is 5.69 Å². The van der Waals surface area contributed by atoms with Crippen LogP contribution in [0.3, 0.4) is 0 Å². The Morgan fingerprint density at radius 1 is 1.40 bits per heavy atom. The summed E-state index contributed by atoms with van der Waals surface area (Å²) in [6.45, 7) is 4.20. The van der Waals surface area contributed by atoms with Crippen molar-refractivity contribution in [3.63, 3.8) is 0 Å². The molecule has 5 heteroatoms. The lowest BCUT2D eigenvalue weighted by atomic mass is 10.2. The van der Waals surface area contributed by atoms with E-state index in [1.807, 2.05) is 24.9 Å². The number of aliphatic hydroxyl groups excluding tert-OH is 1. The fourth-order valence-electron chi connectivity index (χ4n) is 1.66. The lowest BCUT2D eigenvalue weighted by Gasteiger charge is -2.24. The van der Waals surface area contributed by atoms with Crippen molar-refractivity contribution in [2.45, 2.75) is 32.4 Å². The number of carbonyl (C=O) groups excluding carboxylic acids is 1. The van der Waals surface area contributed by atoms with E-state index in [1.54, 1.807) is 31.2 Å². The first-order valence-electron chi connectivity index (χ1n) is 6.63. The average molecular weight is 275 g/mol. The molecule has 0 aliphatic rings. The first kappa shape index (κ1) is 16.2. The third kappa shape index (κ3) is 5.00. The smallest absolute Gasteiger partial charge is 0.241 e. The van der Waals surface area contributed by atoms with Gasteiger partial charge >= 0.3 is 0 Å². The minimum absolute atomic E-state index is 0.109. The molecule has 0 aliphatic heterocycles. The molecule has 0 fully saturated rings. The van der Waals surface area contributed by atoms with E-state index < -0.39 is 0 Å². The van der Waals surface area contributed by atoms with Gasteiger partial charge in [0.15, 0.2) is 0 Å². The lowest BCUT2D eigenvalue weighted by molar-refractivity contribution is -0.120. The zero-order valence-corrected chi connectivity index (χ0v) is 12.1. The fraction of sp³-hybridized carbons (Fsp3) is 0.467. The van der Waals surface area contributed by atoms with Crippen LogP contribution in [0.1, 0.15) is 25.8 Å². The molecule has 0 bridgehead atoms. The monoisotopic (exact) mass is 275 g/mol. The van der Waals surface area contributed by atoms with Crippen LogP contribution in [0.15, 0.2) is 24.3 Å². The number of nitrogens with zero attached hydrogens (tertiary/aromatic N) is 2. The molecule has 0 heterocycles. The number of carbonyl (C=O) groups is 1. The molecule has 20 heavy (non-hydrogen) atoms. The van der Waals surface area contributed by atoms with Crippen molar-refractivity contribution in [2.75, 3.05) is 18.9 Å². The summed E-state index contributed by atoms with van der Waals surface area (Å²) in [7, 11) is 1.85. The number of likely N-dealkylation sites (N-methyl/N-ethyl adjacent to an activating group) is 1. The first-order valence-corrected chi connectivity index (χ1v) is 6.63. The molecule has 2 N–H and O–H groups in total. The molecular formula is C15H21N3O2. The maximum Gasteiger partial charge on any atom is 0.241 e. The molecule has 0 saturated heterocycles. The number of hydrogen-bond acceptors (Lipinski definition) is 4. The summed E-state index contributed by atoms with van der Waals surface area (Å²) in [6, 6.07) is 8.49. The second-order valence-corrected chi connectivity index (χ2v) is 4.97. The van der Waals surface area contributed by atoms with Gasteiger partial charge in [0, 0.05) is 12.2 Å². The minimum atomic E-state index is -0.369.